The fourth-order valence-corrected chi connectivity index (χ4v) is 8.01. The molecule has 0 aliphatic rings. The summed E-state index contributed by atoms with van der Waals surface area (Å²) in [6, 6.07) is 57.8. The van der Waals surface area contributed by atoms with Crippen molar-refractivity contribution < 1.29 is 73.7 Å². The first kappa shape index (κ1) is 67.4. The molecule has 4 aromatic heterocycles. The molecular formula is C64H64Cu2N8O8. The van der Waals surface area contributed by atoms with Gasteiger partial charge in [0.25, 0.3) is 0 Å². The van der Waals surface area contributed by atoms with Crippen LogP contribution in [0.25, 0.3) is 0 Å². The summed E-state index contributed by atoms with van der Waals surface area (Å²) in [5.41, 5.74) is 15.1. The van der Waals surface area contributed by atoms with Gasteiger partial charge in [-0.15, -0.1) is 0 Å². The number of hydrogen-bond donors (Lipinski definition) is 0. The summed E-state index contributed by atoms with van der Waals surface area (Å²) in [7, 11) is 0. The zero-order valence-corrected chi connectivity index (χ0v) is 48.6. The van der Waals surface area contributed by atoms with Crippen LogP contribution in [0.3, 0.4) is 0 Å². The molecule has 0 amide bonds. The van der Waals surface area contributed by atoms with Crippen molar-refractivity contribution in [2.45, 2.75) is 81.6 Å². The number of aromatic carboxylic acids is 4. The average Bonchev–Trinajstić information content (AvgIpc) is 4.25. The number of benzene rings is 6. The Kier molecular flexibility index (Phi) is 28.2. The number of aromatic nitrogens is 8. The van der Waals surface area contributed by atoms with Crippen LogP contribution < -0.4 is 20.4 Å². The maximum Gasteiger partial charge on any atom is 2.00 e. The third-order valence-corrected chi connectivity index (χ3v) is 12.0. The Morgan fingerprint density at radius 3 is 0.573 bits per heavy atom. The minimum Gasteiger partial charge on any atom is -0.545 e. The predicted molar refractivity (Wildman–Crippen MR) is 299 cm³/mol. The summed E-state index contributed by atoms with van der Waals surface area (Å²) < 4.78 is 8.26. The summed E-state index contributed by atoms with van der Waals surface area (Å²) in [4.78, 5) is 40.4. The molecule has 10 aromatic rings. The quantitative estimate of drug-likeness (QED) is 0.112. The van der Waals surface area contributed by atoms with Gasteiger partial charge in [-0.05, 0) is 124 Å². The van der Waals surface area contributed by atoms with E-state index >= 15 is 0 Å². The number of carboxylic acids is 4. The summed E-state index contributed by atoms with van der Waals surface area (Å²) in [5, 5.41) is 58.6. The first-order valence-electron chi connectivity index (χ1n) is 25.5. The maximum absolute atomic E-state index is 10.1. The van der Waals surface area contributed by atoms with E-state index in [1.165, 1.54) is 93.6 Å². The van der Waals surface area contributed by atoms with Crippen molar-refractivity contribution in [2.24, 2.45) is 0 Å². The molecule has 18 heteroatoms. The van der Waals surface area contributed by atoms with Gasteiger partial charge in [0.05, 0.1) is 72.8 Å². The molecule has 0 aliphatic heterocycles. The molecule has 0 spiro atoms. The number of carbonyl (C=O) groups is 4. The Bertz CT molecular complexity index is 3090. The van der Waals surface area contributed by atoms with E-state index in [0.29, 0.717) is 0 Å². The predicted octanol–water partition coefficient (Wildman–Crippen LogP) is 7.02. The third kappa shape index (κ3) is 22.3. The topological polar surface area (TPSA) is 232 Å². The van der Waals surface area contributed by atoms with E-state index in [1.54, 1.807) is 72.8 Å². The van der Waals surface area contributed by atoms with Gasteiger partial charge in [-0.1, -0.05) is 170 Å². The minimum atomic E-state index is -1.13. The number of hydrogen-bond acceptors (Lipinski definition) is 12. The van der Waals surface area contributed by atoms with Crippen LogP contribution in [-0.4, -0.2) is 63.0 Å². The van der Waals surface area contributed by atoms with Crippen molar-refractivity contribution in [3.05, 3.63) is 284 Å². The molecule has 10 rings (SSSR count). The normalized spacial score (nSPS) is 9.85. The van der Waals surface area contributed by atoms with E-state index in [1.807, 2.05) is 27.7 Å². The number of rotatable bonds is 12. The van der Waals surface area contributed by atoms with Crippen molar-refractivity contribution in [1.29, 1.82) is 0 Å². The SMILES string of the molecule is Cc1cc(C)n(Cc2ccccc2Cn2nc(C)cc2C)n1.Cc1cc(C)n(Cc2ccccc2Cn2nc(C)cc2C)n1.O=C([O-])c1ccccc1.O=C([O-])c1ccccc1.O=C([O-])c1ccccc1.O=C([O-])c1ccccc1.[Cu+2].[Cu+2]. The fourth-order valence-electron chi connectivity index (χ4n) is 8.01. The molecule has 2 radical (unpaired) electrons. The summed E-state index contributed by atoms with van der Waals surface area (Å²) in [5.74, 6) is -4.52. The monoisotopic (exact) mass is 1200 g/mol. The second-order valence-electron chi connectivity index (χ2n) is 18.5. The Morgan fingerprint density at radius 1 is 0.293 bits per heavy atom. The zero-order valence-electron chi connectivity index (χ0n) is 46.8. The van der Waals surface area contributed by atoms with Crippen LogP contribution in [0.1, 0.15) is 109 Å². The van der Waals surface area contributed by atoms with Gasteiger partial charge in [0.15, 0.2) is 0 Å². The number of aryl methyl sites for hydroxylation is 8. The zero-order chi connectivity index (χ0) is 58.1. The molecule has 0 atom stereocenters. The number of carboxylic acid groups (broad SMARTS) is 4. The number of nitrogens with zero attached hydrogens (tertiary/aromatic N) is 8. The minimum absolute atomic E-state index is 0. The third-order valence-electron chi connectivity index (χ3n) is 12.0. The van der Waals surface area contributed by atoms with Crippen molar-refractivity contribution in [3.63, 3.8) is 0 Å². The molecule has 0 unspecified atom stereocenters. The van der Waals surface area contributed by atoms with Crippen molar-refractivity contribution in [2.75, 3.05) is 0 Å². The molecule has 16 nitrogen and oxygen atoms in total. The van der Waals surface area contributed by atoms with Crippen LogP contribution >= 0.6 is 0 Å². The molecule has 0 fully saturated rings. The van der Waals surface area contributed by atoms with Crippen molar-refractivity contribution in [3.8, 4) is 0 Å². The van der Waals surface area contributed by atoms with E-state index < -0.39 is 23.9 Å². The van der Waals surface area contributed by atoms with E-state index in [4.69, 9.17) is 0 Å². The second-order valence-corrected chi connectivity index (χ2v) is 18.5. The Balaban J connectivity index is 0.000000272. The smallest absolute Gasteiger partial charge is 0.545 e. The summed E-state index contributed by atoms with van der Waals surface area (Å²) >= 11 is 0. The van der Waals surface area contributed by atoms with Crippen molar-refractivity contribution >= 4 is 23.9 Å². The Hall–Kier alpha value is -8.92. The molecule has 0 N–H and O–H groups in total. The molecule has 4 heterocycles. The Morgan fingerprint density at radius 2 is 0.451 bits per heavy atom. The molecule has 0 saturated heterocycles. The van der Waals surface area contributed by atoms with Crippen LogP contribution in [-0.2, 0) is 60.3 Å². The van der Waals surface area contributed by atoms with Gasteiger partial charge in [-0.25, -0.2) is 0 Å². The summed E-state index contributed by atoms with van der Waals surface area (Å²) in [6.07, 6.45) is 0. The van der Waals surface area contributed by atoms with Gasteiger partial charge in [0, 0.05) is 22.8 Å². The Labute approximate surface area is 499 Å². The summed E-state index contributed by atoms with van der Waals surface area (Å²) in [6.45, 7) is 19.7. The van der Waals surface area contributed by atoms with E-state index in [0.717, 1.165) is 49.0 Å². The molecule has 0 saturated carbocycles. The standard InChI is InChI=1S/2C18H22N4.4C7H6O2.2Cu/c2*1-13-9-15(3)21(19-13)11-17-7-5-6-8-18(17)12-22-16(4)10-14(2)20-22;4*8-7(9)6-4-2-1-3-5-6;;/h2*5-10H,11-12H2,1-4H3;4*1-5H,(H,8,9);;/q;;;;;;2*+2/p-4. The first-order chi connectivity index (χ1) is 38.3. The average molecular weight is 1200 g/mol. The van der Waals surface area contributed by atoms with E-state index in [-0.39, 0.29) is 56.4 Å². The van der Waals surface area contributed by atoms with Gasteiger partial charge >= 0.3 is 34.1 Å². The molecule has 430 valence electrons. The molecule has 0 aliphatic carbocycles. The van der Waals surface area contributed by atoms with Gasteiger partial charge < -0.3 is 39.6 Å². The van der Waals surface area contributed by atoms with Gasteiger partial charge in [0.1, 0.15) is 0 Å². The van der Waals surface area contributed by atoms with Crippen LogP contribution in [0.2, 0.25) is 0 Å². The van der Waals surface area contributed by atoms with E-state index in [2.05, 4.69) is 140 Å². The maximum atomic E-state index is 10.1. The molecular weight excluding hydrogens is 1140 g/mol. The van der Waals surface area contributed by atoms with E-state index in [9.17, 15) is 39.6 Å². The fraction of sp³-hybridized carbons (Fsp3) is 0.188. The van der Waals surface area contributed by atoms with Crippen LogP contribution in [0, 0.1) is 55.4 Å². The molecule has 82 heavy (non-hydrogen) atoms. The molecule has 0 bridgehead atoms. The van der Waals surface area contributed by atoms with Gasteiger partial charge in [0.2, 0.25) is 0 Å². The molecule has 6 aromatic carbocycles. The van der Waals surface area contributed by atoms with Gasteiger partial charge in [-0.2, -0.15) is 20.4 Å². The van der Waals surface area contributed by atoms with Crippen LogP contribution in [0.4, 0.5) is 0 Å². The van der Waals surface area contributed by atoms with Crippen LogP contribution in [0.15, 0.2) is 194 Å². The first-order valence-corrected chi connectivity index (χ1v) is 25.5. The van der Waals surface area contributed by atoms with Gasteiger partial charge in [-0.3, -0.25) is 18.7 Å². The number of carbonyl (C=O) groups excluding carboxylic acids is 4. The second kappa shape index (κ2) is 34.3. The van der Waals surface area contributed by atoms with Crippen molar-refractivity contribution in [1.82, 2.24) is 39.1 Å². The largest absolute Gasteiger partial charge is 2.00 e. The van der Waals surface area contributed by atoms with Crippen LogP contribution in [0.5, 0.6) is 0 Å².